The molecule has 1 N–H and O–H groups in total. The molecule has 24 heavy (non-hydrogen) atoms. The third kappa shape index (κ3) is 3.10. The second-order valence-corrected chi connectivity index (χ2v) is 5.66. The normalized spacial score (nSPS) is 12.3. The van der Waals surface area contributed by atoms with Crippen molar-refractivity contribution in [3.05, 3.63) is 34.7 Å². The van der Waals surface area contributed by atoms with Crippen LogP contribution in [0.25, 0.3) is 0 Å². The molecular formula is C17H18N2O5. The van der Waals surface area contributed by atoms with Crippen LogP contribution < -0.4 is 14.8 Å². The van der Waals surface area contributed by atoms with E-state index in [1.165, 1.54) is 6.92 Å². The highest BCUT2D eigenvalue weighted by Crippen LogP contribution is 2.37. The molecule has 2 aromatic rings. The summed E-state index contributed by atoms with van der Waals surface area (Å²) in [6.07, 6.45) is 0.779. The van der Waals surface area contributed by atoms with Crippen LogP contribution in [0.2, 0.25) is 0 Å². The van der Waals surface area contributed by atoms with Gasteiger partial charge in [0.2, 0.25) is 12.7 Å². The van der Waals surface area contributed by atoms with E-state index in [1.807, 2.05) is 13.8 Å². The molecule has 0 radical (unpaired) electrons. The molecule has 1 aliphatic heterocycles. The summed E-state index contributed by atoms with van der Waals surface area (Å²) in [5.41, 5.74) is 2.54. The van der Waals surface area contributed by atoms with Crippen LogP contribution in [0.4, 0.5) is 5.69 Å². The summed E-state index contributed by atoms with van der Waals surface area (Å²) in [4.78, 5) is 24.1. The summed E-state index contributed by atoms with van der Waals surface area (Å²) in [5.74, 6) is 1.38. The first-order valence-corrected chi connectivity index (χ1v) is 7.62. The van der Waals surface area contributed by atoms with Crippen molar-refractivity contribution in [2.24, 2.45) is 0 Å². The van der Waals surface area contributed by atoms with Gasteiger partial charge in [0.25, 0.3) is 0 Å². The van der Waals surface area contributed by atoms with Gasteiger partial charge in [0, 0.05) is 23.6 Å². The van der Waals surface area contributed by atoms with Crippen LogP contribution >= 0.6 is 0 Å². The van der Waals surface area contributed by atoms with Crippen molar-refractivity contribution in [3.63, 3.8) is 0 Å². The van der Waals surface area contributed by atoms with Crippen LogP contribution in [0.3, 0.4) is 0 Å². The van der Waals surface area contributed by atoms with Crippen molar-refractivity contribution < 1.29 is 23.6 Å². The Balaban J connectivity index is 1.73. The van der Waals surface area contributed by atoms with E-state index in [-0.39, 0.29) is 24.9 Å². The lowest BCUT2D eigenvalue weighted by Crippen LogP contribution is -2.15. The minimum absolute atomic E-state index is 0.107. The maximum Gasteiger partial charge on any atom is 0.231 e. The number of benzene rings is 1. The molecule has 1 aliphatic rings. The van der Waals surface area contributed by atoms with Crippen LogP contribution in [-0.2, 0) is 11.2 Å². The predicted molar refractivity (Wildman–Crippen MR) is 85.5 cm³/mol. The number of aromatic nitrogens is 1. The zero-order valence-electron chi connectivity index (χ0n) is 13.8. The Labute approximate surface area is 138 Å². The molecule has 2 heterocycles. The van der Waals surface area contributed by atoms with Gasteiger partial charge in [-0.05, 0) is 33.3 Å². The van der Waals surface area contributed by atoms with Gasteiger partial charge in [-0.3, -0.25) is 9.59 Å². The Morgan fingerprint density at radius 3 is 2.54 bits per heavy atom. The molecule has 1 amide bonds. The summed E-state index contributed by atoms with van der Waals surface area (Å²) in [5, 5.41) is 6.65. The number of carbonyl (C=O) groups is 2. The molecule has 1 aromatic heterocycles. The fraction of sp³-hybridized carbons (Fsp3) is 0.353. The third-order valence-electron chi connectivity index (χ3n) is 3.95. The summed E-state index contributed by atoms with van der Waals surface area (Å²) in [6, 6.07) is 3.21. The smallest absolute Gasteiger partial charge is 0.231 e. The van der Waals surface area contributed by atoms with E-state index in [0.717, 1.165) is 11.3 Å². The van der Waals surface area contributed by atoms with Crippen LogP contribution in [0.5, 0.6) is 11.5 Å². The maximum atomic E-state index is 12.3. The highest BCUT2D eigenvalue weighted by atomic mass is 16.7. The number of fused-ring (bicyclic) bond motifs is 1. The van der Waals surface area contributed by atoms with Crippen LogP contribution in [0.15, 0.2) is 16.7 Å². The molecule has 3 rings (SSSR count). The van der Waals surface area contributed by atoms with Crippen molar-refractivity contribution in [1.82, 2.24) is 5.16 Å². The summed E-state index contributed by atoms with van der Waals surface area (Å²) in [7, 11) is 0. The van der Waals surface area contributed by atoms with Gasteiger partial charge >= 0.3 is 0 Å². The van der Waals surface area contributed by atoms with Crippen LogP contribution in [0, 0.1) is 13.8 Å². The SMILES string of the molecule is CC(=O)c1cc2c(cc1NC(=O)CCc1c(C)noc1C)OCO2. The standard InChI is InChI=1S/C17H18N2O5/c1-9-12(11(3)24-19-9)4-5-17(21)18-14-7-16-15(22-8-23-16)6-13(14)10(2)20/h6-7H,4-5,8H2,1-3H3,(H,18,21). The highest BCUT2D eigenvalue weighted by molar-refractivity contribution is 6.04. The number of ether oxygens (including phenoxy) is 2. The van der Waals surface area contributed by atoms with Crippen LogP contribution in [-0.4, -0.2) is 23.6 Å². The van der Waals surface area contributed by atoms with Crippen molar-refractivity contribution in [2.45, 2.75) is 33.6 Å². The Bertz CT molecular complexity index is 790. The average molecular weight is 330 g/mol. The lowest BCUT2D eigenvalue weighted by molar-refractivity contribution is -0.116. The van der Waals surface area contributed by atoms with E-state index in [4.69, 9.17) is 14.0 Å². The Hall–Kier alpha value is -2.83. The molecule has 7 nitrogen and oxygen atoms in total. The van der Waals surface area contributed by atoms with Gasteiger partial charge in [-0.15, -0.1) is 0 Å². The van der Waals surface area contributed by atoms with Crippen molar-refractivity contribution in [2.75, 3.05) is 12.1 Å². The van der Waals surface area contributed by atoms with Crippen molar-refractivity contribution >= 4 is 17.4 Å². The van der Waals surface area contributed by atoms with Gasteiger partial charge in [-0.2, -0.15) is 0 Å². The Kier molecular flexibility index (Phi) is 4.24. The highest BCUT2D eigenvalue weighted by Gasteiger charge is 2.20. The first-order chi connectivity index (χ1) is 11.5. The lowest BCUT2D eigenvalue weighted by atomic mass is 10.1. The molecule has 0 aliphatic carbocycles. The summed E-state index contributed by atoms with van der Waals surface area (Å²) >= 11 is 0. The molecule has 0 saturated carbocycles. The minimum atomic E-state index is -0.198. The average Bonchev–Trinajstić information content (AvgIpc) is 3.11. The molecule has 0 atom stereocenters. The molecule has 0 bridgehead atoms. The molecule has 126 valence electrons. The second kappa shape index (κ2) is 6.35. The predicted octanol–water partition coefficient (Wildman–Crippen LogP) is 2.79. The molecule has 0 unspecified atom stereocenters. The number of nitrogens with zero attached hydrogens (tertiary/aromatic N) is 1. The number of hydrogen-bond donors (Lipinski definition) is 1. The van der Waals surface area contributed by atoms with E-state index < -0.39 is 0 Å². The second-order valence-electron chi connectivity index (χ2n) is 5.66. The first-order valence-electron chi connectivity index (χ1n) is 7.62. The molecule has 7 heteroatoms. The monoisotopic (exact) mass is 330 g/mol. The van der Waals surface area contributed by atoms with Gasteiger partial charge in [-0.25, -0.2) is 0 Å². The number of ketones is 1. The van der Waals surface area contributed by atoms with E-state index in [0.29, 0.717) is 34.9 Å². The number of hydrogen-bond acceptors (Lipinski definition) is 6. The van der Waals surface area contributed by atoms with E-state index >= 15 is 0 Å². The van der Waals surface area contributed by atoms with Crippen molar-refractivity contribution in [1.29, 1.82) is 0 Å². The number of Topliss-reactive ketones (excluding diaryl/α,β-unsaturated/α-hetero) is 1. The maximum absolute atomic E-state index is 12.3. The van der Waals surface area contributed by atoms with Gasteiger partial charge < -0.3 is 19.3 Å². The number of rotatable bonds is 5. The number of aryl methyl sites for hydroxylation is 2. The van der Waals surface area contributed by atoms with E-state index in [2.05, 4.69) is 10.5 Å². The van der Waals surface area contributed by atoms with E-state index in [1.54, 1.807) is 12.1 Å². The number of carbonyl (C=O) groups excluding carboxylic acids is 2. The minimum Gasteiger partial charge on any atom is -0.454 e. The summed E-state index contributed by atoms with van der Waals surface area (Å²) in [6.45, 7) is 5.21. The van der Waals surface area contributed by atoms with Gasteiger partial charge in [-0.1, -0.05) is 5.16 Å². The fourth-order valence-electron chi connectivity index (χ4n) is 2.65. The lowest BCUT2D eigenvalue weighted by Gasteiger charge is -2.10. The van der Waals surface area contributed by atoms with E-state index in [9.17, 15) is 9.59 Å². The molecule has 0 saturated heterocycles. The number of anilines is 1. The number of amides is 1. The largest absolute Gasteiger partial charge is 0.454 e. The Morgan fingerprint density at radius 2 is 1.92 bits per heavy atom. The molecule has 0 spiro atoms. The molecular weight excluding hydrogens is 312 g/mol. The van der Waals surface area contributed by atoms with Gasteiger partial charge in [0.05, 0.1) is 11.4 Å². The van der Waals surface area contributed by atoms with Gasteiger partial charge in [0.15, 0.2) is 17.3 Å². The first kappa shape index (κ1) is 16.0. The third-order valence-corrected chi connectivity index (χ3v) is 3.95. The number of nitrogens with one attached hydrogen (secondary N) is 1. The molecule has 1 aromatic carbocycles. The van der Waals surface area contributed by atoms with Crippen LogP contribution in [0.1, 0.15) is 40.7 Å². The van der Waals surface area contributed by atoms with Crippen molar-refractivity contribution in [3.8, 4) is 11.5 Å². The van der Waals surface area contributed by atoms with Gasteiger partial charge in [0.1, 0.15) is 5.76 Å². The molecule has 0 fully saturated rings. The zero-order valence-corrected chi connectivity index (χ0v) is 13.8. The fourth-order valence-corrected chi connectivity index (χ4v) is 2.65. The summed E-state index contributed by atoms with van der Waals surface area (Å²) < 4.78 is 15.7. The Morgan fingerprint density at radius 1 is 1.21 bits per heavy atom. The quantitative estimate of drug-likeness (QED) is 0.848. The topological polar surface area (TPSA) is 90.7 Å². The zero-order chi connectivity index (χ0) is 17.3.